The molecular formula is C15H20N2O5S2. The van der Waals surface area contributed by atoms with E-state index in [-0.39, 0.29) is 29.3 Å². The van der Waals surface area contributed by atoms with E-state index < -0.39 is 14.9 Å². The second-order valence-electron chi connectivity index (χ2n) is 5.95. The Morgan fingerprint density at radius 1 is 1.33 bits per heavy atom. The molecule has 2 aliphatic heterocycles. The summed E-state index contributed by atoms with van der Waals surface area (Å²) in [7, 11) is -3.95. The van der Waals surface area contributed by atoms with Crippen molar-refractivity contribution in [2.24, 2.45) is 0 Å². The summed E-state index contributed by atoms with van der Waals surface area (Å²) in [4.78, 5) is 10.4. The summed E-state index contributed by atoms with van der Waals surface area (Å²) >= 11 is 1.71. The Bertz CT molecular complexity index is 698. The van der Waals surface area contributed by atoms with Crippen LogP contribution in [0.25, 0.3) is 0 Å². The minimum Gasteiger partial charge on any atom is -0.377 e. The van der Waals surface area contributed by atoms with E-state index >= 15 is 0 Å². The van der Waals surface area contributed by atoms with Crippen LogP contribution in [0, 0.1) is 10.1 Å². The molecule has 2 aliphatic rings. The first kappa shape index (κ1) is 17.7. The van der Waals surface area contributed by atoms with Gasteiger partial charge in [0.05, 0.1) is 11.0 Å². The number of rotatable bonds is 6. The predicted molar refractivity (Wildman–Crippen MR) is 91.7 cm³/mol. The Hall–Kier alpha value is -1.16. The topological polar surface area (TPSA) is 89.8 Å². The molecule has 0 N–H and O–H groups in total. The molecule has 132 valence electrons. The van der Waals surface area contributed by atoms with Gasteiger partial charge in [0.2, 0.25) is 10.0 Å². The van der Waals surface area contributed by atoms with Gasteiger partial charge in [-0.15, -0.1) is 0 Å². The minimum atomic E-state index is -3.95. The van der Waals surface area contributed by atoms with Crippen LogP contribution < -0.4 is 0 Å². The van der Waals surface area contributed by atoms with Gasteiger partial charge in [-0.1, -0.05) is 12.1 Å². The molecule has 2 heterocycles. The molecule has 0 aromatic heterocycles. The molecule has 3 rings (SSSR count). The van der Waals surface area contributed by atoms with Gasteiger partial charge >= 0.3 is 0 Å². The molecule has 7 nitrogen and oxygen atoms in total. The fraction of sp³-hybridized carbons (Fsp3) is 0.600. The van der Waals surface area contributed by atoms with Crippen LogP contribution in [0.3, 0.4) is 0 Å². The second-order valence-corrected chi connectivity index (χ2v) is 8.96. The molecule has 2 fully saturated rings. The van der Waals surface area contributed by atoms with Gasteiger partial charge in [-0.2, -0.15) is 16.1 Å². The second kappa shape index (κ2) is 7.38. The van der Waals surface area contributed by atoms with E-state index in [4.69, 9.17) is 4.74 Å². The van der Waals surface area contributed by atoms with Gasteiger partial charge in [0, 0.05) is 31.0 Å². The van der Waals surface area contributed by atoms with Crippen LogP contribution in [0.5, 0.6) is 0 Å². The maximum atomic E-state index is 13.2. The Morgan fingerprint density at radius 2 is 2.12 bits per heavy atom. The first-order valence-electron chi connectivity index (χ1n) is 7.95. The molecule has 0 bridgehead atoms. The summed E-state index contributed by atoms with van der Waals surface area (Å²) < 4.78 is 33.4. The van der Waals surface area contributed by atoms with Gasteiger partial charge in [0.1, 0.15) is 0 Å². The van der Waals surface area contributed by atoms with Crippen LogP contribution >= 0.6 is 11.8 Å². The van der Waals surface area contributed by atoms with E-state index in [1.807, 2.05) is 0 Å². The molecule has 0 unspecified atom stereocenters. The normalized spacial score (nSPS) is 24.5. The highest BCUT2D eigenvalue weighted by Gasteiger charge is 2.39. The number of ether oxygens (including phenoxy) is 1. The first-order valence-corrected chi connectivity index (χ1v) is 10.5. The highest BCUT2D eigenvalue weighted by Crippen LogP contribution is 2.32. The molecule has 0 aliphatic carbocycles. The van der Waals surface area contributed by atoms with Crippen molar-refractivity contribution >= 4 is 27.5 Å². The lowest BCUT2D eigenvalue weighted by atomic mass is 10.2. The van der Waals surface area contributed by atoms with Crippen LogP contribution in [0.4, 0.5) is 5.69 Å². The summed E-state index contributed by atoms with van der Waals surface area (Å²) in [5.41, 5.74) is -0.375. The number of thioether (sulfide) groups is 1. The van der Waals surface area contributed by atoms with Gasteiger partial charge in [-0.25, -0.2) is 8.42 Å². The molecule has 1 aromatic rings. The SMILES string of the molecule is O=[N+]([O-])c1ccccc1S(=O)(=O)N(C[C@@H]1CCCO1)[C@H]1CCSC1. The largest absolute Gasteiger partial charge is 0.377 e. The van der Waals surface area contributed by atoms with Crippen molar-refractivity contribution < 1.29 is 18.1 Å². The van der Waals surface area contributed by atoms with Crippen molar-refractivity contribution in [2.75, 3.05) is 24.7 Å². The van der Waals surface area contributed by atoms with Crippen molar-refractivity contribution in [1.82, 2.24) is 4.31 Å². The zero-order valence-corrected chi connectivity index (χ0v) is 14.8. The molecule has 0 amide bonds. The van der Waals surface area contributed by atoms with Crippen LogP contribution in [0.1, 0.15) is 19.3 Å². The standard InChI is InChI=1S/C15H20N2O5S2/c18-17(19)14-5-1-2-6-15(14)24(20,21)16(12-7-9-23-11-12)10-13-4-3-8-22-13/h1-2,5-6,12-13H,3-4,7-11H2/t12-,13-/m0/s1. The Balaban J connectivity index is 1.97. The lowest BCUT2D eigenvalue weighted by Crippen LogP contribution is -2.44. The summed E-state index contributed by atoms with van der Waals surface area (Å²) in [5, 5.41) is 11.3. The Kier molecular flexibility index (Phi) is 5.43. The zero-order valence-electron chi connectivity index (χ0n) is 13.2. The molecular weight excluding hydrogens is 352 g/mol. The molecule has 0 radical (unpaired) electrons. The molecule has 2 saturated heterocycles. The van der Waals surface area contributed by atoms with Gasteiger partial charge in [0.15, 0.2) is 4.90 Å². The molecule has 0 spiro atoms. The van der Waals surface area contributed by atoms with E-state index in [9.17, 15) is 18.5 Å². The fourth-order valence-electron chi connectivity index (χ4n) is 3.13. The van der Waals surface area contributed by atoms with Crippen molar-refractivity contribution in [1.29, 1.82) is 0 Å². The summed E-state index contributed by atoms with van der Waals surface area (Å²) in [6.07, 6.45) is 2.37. The van der Waals surface area contributed by atoms with Crippen LogP contribution in [-0.4, -0.2) is 54.4 Å². The number of hydrogen-bond acceptors (Lipinski definition) is 6. The smallest absolute Gasteiger partial charge is 0.289 e. The molecule has 0 saturated carbocycles. The number of para-hydroxylation sites is 1. The monoisotopic (exact) mass is 372 g/mol. The summed E-state index contributed by atoms with van der Waals surface area (Å²) in [6.45, 7) is 0.906. The number of nitro groups is 1. The molecule has 2 atom stereocenters. The van der Waals surface area contributed by atoms with E-state index in [1.54, 1.807) is 11.8 Å². The number of nitrogens with zero attached hydrogens (tertiary/aromatic N) is 2. The number of sulfonamides is 1. The van der Waals surface area contributed by atoms with Gasteiger partial charge in [0.25, 0.3) is 5.69 Å². The van der Waals surface area contributed by atoms with Crippen LogP contribution in [0.2, 0.25) is 0 Å². The molecule has 24 heavy (non-hydrogen) atoms. The molecule has 9 heteroatoms. The maximum absolute atomic E-state index is 13.2. The van der Waals surface area contributed by atoms with E-state index in [2.05, 4.69) is 0 Å². The van der Waals surface area contributed by atoms with Gasteiger partial charge < -0.3 is 4.74 Å². The Labute approximate surface area is 145 Å². The Morgan fingerprint density at radius 3 is 2.75 bits per heavy atom. The third-order valence-electron chi connectivity index (χ3n) is 4.37. The third kappa shape index (κ3) is 3.58. The zero-order chi connectivity index (χ0) is 17.2. The van der Waals surface area contributed by atoms with Crippen molar-refractivity contribution in [3.8, 4) is 0 Å². The van der Waals surface area contributed by atoms with E-state index in [0.29, 0.717) is 12.4 Å². The van der Waals surface area contributed by atoms with Gasteiger partial charge in [-0.05, 0) is 31.1 Å². The molecule has 1 aromatic carbocycles. The van der Waals surface area contributed by atoms with E-state index in [0.717, 1.165) is 25.0 Å². The maximum Gasteiger partial charge on any atom is 0.289 e. The lowest BCUT2D eigenvalue weighted by molar-refractivity contribution is -0.387. The van der Waals surface area contributed by atoms with E-state index in [1.165, 1.54) is 28.6 Å². The number of hydrogen-bond donors (Lipinski definition) is 0. The predicted octanol–water partition coefficient (Wildman–Crippen LogP) is 2.27. The summed E-state index contributed by atoms with van der Waals surface area (Å²) in [5.74, 6) is 1.62. The fourth-order valence-corrected chi connectivity index (χ4v) is 6.30. The average Bonchev–Trinajstić information content (AvgIpc) is 3.26. The highest BCUT2D eigenvalue weighted by atomic mass is 32.2. The van der Waals surface area contributed by atoms with Gasteiger partial charge in [-0.3, -0.25) is 10.1 Å². The quantitative estimate of drug-likeness (QED) is 0.562. The van der Waals surface area contributed by atoms with Crippen molar-refractivity contribution in [3.63, 3.8) is 0 Å². The van der Waals surface area contributed by atoms with Crippen LogP contribution in [0.15, 0.2) is 29.2 Å². The van der Waals surface area contributed by atoms with Crippen molar-refractivity contribution in [2.45, 2.75) is 36.3 Å². The minimum absolute atomic E-state index is 0.131. The average molecular weight is 372 g/mol. The summed E-state index contributed by atoms with van der Waals surface area (Å²) in [6, 6.07) is 5.42. The van der Waals surface area contributed by atoms with Crippen molar-refractivity contribution in [3.05, 3.63) is 34.4 Å². The number of nitro benzene ring substituents is 1. The number of benzene rings is 1. The highest BCUT2D eigenvalue weighted by molar-refractivity contribution is 7.99. The third-order valence-corrected chi connectivity index (χ3v) is 7.48. The van der Waals surface area contributed by atoms with Crippen LogP contribution in [-0.2, 0) is 14.8 Å². The lowest BCUT2D eigenvalue weighted by Gasteiger charge is -2.29. The first-order chi connectivity index (χ1) is 11.5.